The van der Waals surface area contributed by atoms with Crippen molar-refractivity contribution in [2.45, 2.75) is 12.5 Å². The Labute approximate surface area is 137 Å². The Balaban J connectivity index is 1.87. The highest BCUT2D eigenvalue weighted by Crippen LogP contribution is 2.30. The highest BCUT2D eigenvalue weighted by atomic mass is 35.5. The number of benzene rings is 2. The summed E-state index contributed by atoms with van der Waals surface area (Å²) in [5, 5.41) is 2.58. The molecule has 0 radical (unpaired) electrons. The van der Waals surface area contributed by atoms with Crippen molar-refractivity contribution in [3.63, 3.8) is 0 Å². The van der Waals surface area contributed by atoms with Crippen LogP contribution >= 0.6 is 34.8 Å². The summed E-state index contributed by atoms with van der Waals surface area (Å²) in [6.07, 6.45) is 0.605. The summed E-state index contributed by atoms with van der Waals surface area (Å²) in [7, 11) is 0. The number of nitrogens with two attached hydrogens (primary N) is 1. The van der Waals surface area contributed by atoms with Gasteiger partial charge in [0.25, 0.3) is 0 Å². The van der Waals surface area contributed by atoms with Gasteiger partial charge in [0.1, 0.15) is 5.76 Å². The standard InChI is InChI=1S/C16H12Cl3NO/c17-11-5-4-9(6-13(11)19)7-14(20)15-8-10-2-1-3-12(18)16(10)21-15/h1-6,8,14H,7,20H2. The molecule has 1 unspecified atom stereocenters. The minimum atomic E-state index is -0.272. The van der Waals surface area contributed by atoms with Crippen molar-refractivity contribution in [1.29, 1.82) is 0 Å². The molecular formula is C16H12Cl3NO. The Morgan fingerprint density at radius 2 is 1.76 bits per heavy atom. The molecule has 3 aromatic rings. The monoisotopic (exact) mass is 339 g/mol. The third-order valence-corrected chi connectivity index (χ3v) is 4.36. The van der Waals surface area contributed by atoms with Crippen molar-refractivity contribution in [3.05, 3.63) is 68.9 Å². The third-order valence-electron chi connectivity index (χ3n) is 3.32. The maximum atomic E-state index is 6.22. The quantitative estimate of drug-likeness (QED) is 0.670. The van der Waals surface area contributed by atoms with Crippen LogP contribution in [0.1, 0.15) is 17.4 Å². The van der Waals surface area contributed by atoms with Crippen LogP contribution in [0.3, 0.4) is 0 Å². The molecule has 0 aliphatic rings. The van der Waals surface area contributed by atoms with Gasteiger partial charge in [0.15, 0.2) is 5.58 Å². The summed E-state index contributed by atoms with van der Waals surface area (Å²) in [6.45, 7) is 0. The number of furan rings is 1. The SMILES string of the molecule is NC(Cc1ccc(Cl)c(Cl)c1)c1cc2cccc(Cl)c2o1. The lowest BCUT2D eigenvalue weighted by Crippen LogP contribution is -2.12. The Morgan fingerprint density at radius 3 is 2.48 bits per heavy atom. The molecule has 3 rings (SSSR count). The summed E-state index contributed by atoms with van der Waals surface area (Å²) in [5.74, 6) is 0.698. The topological polar surface area (TPSA) is 39.2 Å². The van der Waals surface area contributed by atoms with Gasteiger partial charge in [0.2, 0.25) is 0 Å². The summed E-state index contributed by atoms with van der Waals surface area (Å²) in [6, 6.07) is 12.8. The average molecular weight is 341 g/mol. The molecule has 1 aromatic heterocycles. The number of para-hydroxylation sites is 1. The lowest BCUT2D eigenvalue weighted by Gasteiger charge is -2.09. The largest absolute Gasteiger partial charge is 0.458 e. The molecule has 0 aliphatic carbocycles. The second kappa shape index (κ2) is 5.90. The molecule has 0 aliphatic heterocycles. The van der Waals surface area contributed by atoms with Crippen LogP contribution in [0.4, 0.5) is 0 Å². The van der Waals surface area contributed by atoms with E-state index in [-0.39, 0.29) is 6.04 Å². The van der Waals surface area contributed by atoms with Crippen LogP contribution in [0.5, 0.6) is 0 Å². The predicted octanol–water partition coefficient (Wildman–Crippen LogP) is 5.64. The zero-order valence-corrected chi connectivity index (χ0v) is 13.2. The van der Waals surface area contributed by atoms with Gasteiger partial charge in [0.05, 0.1) is 21.1 Å². The van der Waals surface area contributed by atoms with E-state index >= 15 is 0 Å². The van der Waals surface area contributed by atoms with Gasteiger partial charge in [-0.25, -0.2) is 0 Å². The highest BCUT2D eigenvalue weighted by molar-refractivity contribution is 6.42. The van der Waals surface area contributed by atoms with E-state index in [0.29, 0.717) is 32.8 Å². The molecule has 21 heavy (non-hydrogen) atoms. The lowest BCUT2D eigenvalue weighted by molar-refractivity contribution is 0.494. The second-order valence-electron chi connectivity index (χ2n) is 4.87. The molecule has 0 fully saturated rings. The molecule has 0 spiro atoms. The molecule has 5 heteroatoms. The minimum absolute atomic E-state index is 0.272. The van der Waals surface area contributed by atoms with Gasteiger partial charge in [-0.3, -0.25) is 0 Å². The van der Waals surface area contributed by atoms with Crippen LogP contribution in [0.2, 0.25) is 15.1 Å². The van der Waals surface area contributed by atoms with E-state index in [2.05, 4.69) is 0 Å². The molecule has 2 aromatic carbocycles. The Bertz CT molecular complexity index is 797. The first-order valence-corrected chi connectivity index (χ1v) is 7.55. The number of hydrogen-bond donors (Lipinski definition) is 1. The summed E-state index contributed by atoms with van der Waals surface area (Å²) in [5.41, 5.74) is 7.88. The predicted molar refractivity (Wildman–Crippen MR) is 88.3 cm³/mol. The number of fused-ring (bicyclic) bond motifs is 1. The van der Waals surface area contributed by atoms with Gasteiger partial charge in [-0.15, -0.1) is 0 Å². The van der Waals surface area contributed by atoms with Crippen molar-refractivity contribution >= 4 is 45.8 Å². The fourth-order valence-corrected chi connectivity index (χ4v) is 2.79. The van der Waals surface area contributed by atoms with Gasteiger partial charge >= 0.3 is 0 Å². The molecule has 0 amide bonds. The maximum absolute atomic E-state index is 6.22. The normalized spacial score (nSPS) is 12.8. The first-order chi connectivity index (χ1) is 10.0. The van der Waals surface area contributed by atoms with E-state index in [1.54, 1.807) is 12.1 Å². The van der Waals surface area contributed by atoms with Gasteiger partial charge in [-0.2, -0.15) is 0 Å². The van der Waals surface area contributed by atoms with Crippen molar-refractivity contribution < 1.29 is 4.42 Å². The molecule has 2 nitrogen and oxygen atoms in total. The van der Waals surface area contributed by atoms with Crippen LogP contribution in [0.25, 0.3) is 11.0 Å². The number of hydrogen-bond acceptors (Lipinski definition) is 2. The molecule has 0 bridgehead atoms. The van der Waals surface area contributed by atoms with Crippen LogP contribution in [0, 0.1) is 0 Å². The number of rotatable bonds is 3. The Hall–Kier alpha value is -1.19. The van der Waals surface area contributed by atoms with Gasteiger partial charge < -0.3 is 10.2 Å². The maximum Gasteiger partial charge on any atom is 0.152 e. The van der Waals surface area contributed by atoms with E-state index < -0.39 is 0 Å². The minimum Gasteiger partial charge on any atom is -0.458 e. The van der Waals surface area contributed by atoms with E-state index in [0.717, 1.165) is 10.9 Å². The smallest absolute Gasteiger partial charge is 0.152 e. The van der Waals surface area contributed by atoms with Crippen molar-refractivity contribution in [2.24, 2.45) is 5.73 Å². The van der Waals surface area contributed by atoms with Crippen LogP contribution in [-0.4, -0.2) is 0 Å². The van der Waals surface area contributed by atoms with E-state index in [4.69, 9.17) is 45.0 Å². The highest BCUT2D eigenvalue weighted by Gasteiger charge is 2.14. The molecule has 1 atom stereocenters. The summed E-state index contributed by atoms with van der Waals surface area (Å²) < 4.78 is 5.77. The van der Waals surface area contributed by atoms with Crippen LogP contribution in [0.15, 0.2) is 46.9 Å². The lowest BCUT2D eigenvalue weighted by atomic mass is 10.0. The van der Waals surface area contributed by atoms with E-state index in [1.807, 2.05) is 30.3 Å². The Kier molecular flexibility index (Phi) is 4.14. The second-order valence-corrected chi connectivity index (χ2v) is 6.09. The van der Waals surface area contributed by atoms with Gasteiger partial charge in [-0.1, -0.05) is 53.0 Å². The first kappa shape index (κ1) is 14.7. The van der Waals surface area contributed by atoms with Gasteiger partial charge in [-0.05, 0) is 36.2 Å². The molecule has 108 valence electrons. The zero-order valence-electron chi connectivity index (χ0n) is 10.9. The van der Waals surface area contributed by atoms with E-state index in [9.17, 15) is 0 Å². The van der Waals surface area contributed by atoms with Gasteiger partial charge in [0, 0.05) is 5.39 Å². The molecule has 2 N–H and O–H groups in total. The van der Waals surface area contributed by atoms with E-state index in [1.165, 1.54) is 0 Å². The van der Waals surface area contributed by atoms with Crippen LogP contribution in [-0.2, 0) is 6.42 Å². The fraction of sp³-hybridized carbons (Fsp3) is 0.125. The third kappa shape index (κ3) is 3.04. The fourth-order valence-electron chi connectivity index (χ4n) is 2.25. The molecule has 1 heterocycles. The average Bonchev–Trinajstić information content (AvgIpc) is 2.89. The molecule has 0 saturated heterocycles. The summed E-state index contributed by atoms with van der Waals surface area (Å²) in [4.78, 5) is 0. The Morgan fingerprint density at radius 1 is 0.952 bits per heavy atom. The van der Waals surface area contributed by atoms with Crippen molar-refractivity contribution in [3.8, 4) is 0 Å². The van der Waals surface area contributed by atoms with Crippen LogP contribution < -0.4 is 5.73 Å². The number of halogens is 3. The van der Waals surface area contributed by atoms with Crippen molar-refractivity contribution in [2.75, 3.05) is 0 Å². The zero-order chi connectivity index (χ0) is 15.0. The molecule has 0 saturated carbocycles. The van der Waals surface area contributed by atoms with Crippen molar-refractivity contribution in [1.82, 2.24) is 0 Å². The molecular weight excluding hydrogens is 329 g/mol. The first-order valence-electron chi connectivity index (χ1n) is 6.42. The summed E-state index contributed by atoms with van der Waals surface area (Å²) >= 11 is 18.0.